The summed E-state index contributed by atoms with van der Waals surface area (Å²) in [5, 5.41) is 5.46. The highest BCUT2D eigenvalue weighted by molar-refractivity contribution is 5.92. The Bertz CT molecular complexity index is 729. The summed E-state index contributed by atoms with van der Waals surface area (Å²) in [6, 6.07) is 6.34. The number of carbonyl (C=O) groups is 1. The van der Waals surface area contributed by atoms with E-state index in [1.165, 1.54) is 24.4 Å². The highest BCUT2D eigenvalue weighted by Gasteiger charge is 2.30. The molecular formula is C15H13F3N4O. The standard InChI is InChI=1S/C15H13F3N4O/c16-15(17,18)9-2-1-3-11(8-9)21-14-19-7-6-12(22-14)13(23)20-10-4-5-10/h1-3,6-8,10H,4-5H2,(H,20,23)(H,19,21,22). The van der Waals surface area contributed by atoms with Crippen LogP contribution in [0.25, 0.3) is 0 Å². The average Bonchev–Trinajstić information content (AvgIpc) is 3.31. The molecule has 120 valence electrons. The summed E-state index contributed by atoms with van der Waals surface area (Å²) in [5.41, 5.74) is -0.411. The van der Waals surface area contributed by atoms with E-state index >= 15 is 0 Å². The molecule has 1 aromatic heterocycles. The Balaban J connectivity index is 1.76. The monoisotopic (exact) mass is 322 g/mol. The predicted molar refractivity (Wildman–Crippen MR) is 77.2 cm³/mol. The molecule has 0 unspecified atom stereocenters. The van der Waals surface area contributed by atoms with Crippen molar-refractivity contribution in [1.82, 2.24) is 15.3 Å². The van der Waals surface area contributed by atoms with Gasteiger partial charge in [0.15, 0.2) is 0 Å². The van der Waals surface area contributed by atoms with Gasteiger partial charge in [-0.3, -0.25) is 4.79 Å². The van der Waals surface area contributed by atoms with Gasteiger partial charge in [0.2, 0.25) is 5.95 Å². The van der Waals surface area contributed by atoms with E-state index < -0.39 is 11.7 Å². The van der Waals surface area contributed by atoms with Gasteiger partial charge in [0, 0.05) is 17.9 Å². The molecule has 1 aliphatic rings. The zero-order chi connectivity index (χ0) is 16.4. The van der Waals surface area contributed by atoms with Gasteiger partial charge >= 0.3 is 6.18 Å². The van der Waals surface area contributed by atoms with Crippen molar-refractivity contribution in [3.05, 3.63) is 47.8 Å². The number of rotatable bonds is 4. The molecule has 1 fully saturated rings. The highest BCUT2D eigenvalue weighted by Crippen LogP contribution is 2.31. The SMILES string of the molecule is O=C(NC1CC1)c1ccnc(Nc2cccc(C(F)(F)F)c2)n1. The topological polar surface area (TPSA) is 66.9 Å². The van der Waals surface area contributed by atoms with E-state index in [-0.39, 0.29) is 29.3 Å². The van der Waals surface area contributed by atoms with Crippen LogP contribution in [0.4, 0.5) is 24.8 Å². The quantitative estimate of drug-likeness (QED) is 0.907. The lowest BCUT2D eigenvalue weighted by Crippen LogP contribution is -2.26. The minimum absolute atomic E-state index is 0.0628. The van der Waals surface area contributed by atoms with Crippen molar-refractivity contribution < 1.29 is 18.0 Å². The molecule has 0 aliphatic heterocycles. The summed E-state index contributed by atoms with van der Waals surface area (Å²) in [5.74, 6) is -0.255. The van der Waals surface area contributed by atoms with E-state index in [0.29, 0.717) is 0 Å². The lowest BCUT2D eigenvalue weighted by atomic mass is 10.2. The van der Waals surface area contributed by atoms with Crippen molar-refractivity contribution in [2.45, 2.75) is 25.1 Å². The third kappa shape index (κ3) is 3.97. The van der Waals surface area contributed by atoms with Gasteiger partial charge in [-0.05, 0) is 37.1 Å². The fourth-order valence-electron chi connectivity index (χ4n) is 1.93. The van der Waals surface area contributed by atoms with Crippen LogP contribution < -0.4 is 10.6 Å². The molecule has 8 heteroatoms. The van der Waals surface area contributed by atoms with E-state index in [2.05, 4.69) is 20.6 Å². The second-order valence-corrected chi connectivity index (χ2v) is 5.22. The predicted octanol–water partition coefficient (Wildman–Crippen LogP) is 3.13. The Morgan fingerprint density at radius 2 is 2.00 bits per heavy atom. The molecule has 5 nitrogen and oxygen atoms in total. The van der Waals surface area contributed by atoms with Crippen LogP contribution in [0, 0.1) is 0 Å². The number of anilines is 2. The van der Waals surface area contributed by atoms with Gasteiger partial charge < -0.3 is 10.6 Å². The zero-order valence-electron chi connectivity index (χ0n) is 11.9. The van der Waals surface area contributed by atoms with Crippen LogP contribution in [-0.2, 0) is 6.18 Å². The number of halogens is 3. The molecule has 0 radical (unpaired) electrons. The number of hydrogen-bond donors (Lipinski definition) is 2. The first-order valence-corrected chi connectivity index (χ1v) is 7.00. The molecule has 0 atom stereocenters. The number of benzene rings is 1. The second-order valence-electron chi connectivity index (χ2n) is 5.22. The average molecular weight is 322 g/mol. The fourth-order valence-corrected chi connectivity index (χ4v) is 1.93. The maximum atomic E-state index is 12.7. The third-order valence-corrected chi connectivity index (χ3v) is 3.25. The van der Waals surface area contributed by atoms with E-state index in [1.54, 1.807) is 0 Å². The van der Waals surface area contributed by atoms with E-state index in [4.69, 9.17) is 0 Å². The Morgan fingerprint density at radius 3 is 2.70 bits per heavy atom. The Kier molecular flexibility index (Phi) is 3.89. The van der Waals surface area contributed by atoms with Gasteiger partial charge in [-0.2, -0.15) is 13.2 Å². The van der Waals surface area contributed by atoms with E-state index in [1.807, 2.05) is 0 Å². The number of nitrogens with zero attached hydrogens (tertiary/aromatic N) is 2. The van der Waals surface area contributed by atoms with Gasteiger partial charge in [-0.15, -0.1) is 0 Å². The Hall–Kier alpha value is -2.64. The molecular weight excluding hydrogens is 309 g/mol. The molecule has 0 bridgehead atoms. The van der Waals surface area contributed by atoms with Gasteiger partial charge in [-0.1, -0.05) is 6.07 Å². The molecule has 1 saturated carbocycles. The van der Waals surface area contributed by atoms with Gasteiger partial charge in [0.05, 0.1) is 5.56 Å². The number of alkyl halides is 3. The first-order chi connectivity index (χ1) is 10.9. The van der Waals surface area contributed by atoms with Crippen LogP contribution in [-0.4, -0.2) is 21.9 Å². The molecule has 1 amide bonds. The Morgan fingerprint density at radius 1 is 1.22 bits per heavy atom. The molecule has 3 rings (SSSR count). The van der Waals surface area contributed by atoms with Crippen LogP contribution in [0.5, 0.6) is 0 Å². The minimum atomic E-state index is -4.43. The summed E-state index contributed by atoms with van der Waals surface area (Å²) in [4.78, 5) is 19.9. The number of carbonyl (C=O) groups excluding carboxylic acids is 1. The summed E-state index contributed by atoms with van der Waals surface area (Å²) < 4.78 is 38.1. The largest absolute Gasteiger partial charge is 0.416 e. The lowest BCUT2D eigenvalue weighted by Gasteiger charge is -2.10. The van der Waals surface area contributed by atoms with Crippen LogP contribution in [0.3, 0.4) is 0 Å². The molecule has 0 saturated heterocycles. The number of amides is 1. The molecule has 1 aliphatic carbocycles. The highest BCUT2D eigenvalue weighted by atomic mass is 19.4. The summed E-state index contributed by atoms with van der Waals surface area (Å²) in [6.45, 7) is 0. The number of hydrogen-bond acceptors (Lipinski definition) is 4. The summed E-state index contributed by atoms with van der Waals surface area (Å²) in [6.07, 6.45) is -1.15. The van der Waals surface area contributed by atoms with E-state index in [9.17, 15) is 18.0 Å². The maximum Gasteiger partial charge on any atom is 0.416 e. The third-order valence-electron chi connectivity index (χ3n) is 3.25. The molecule has 1 aromatic carbocycles. The summed E-state index contributed by atoms with van der Waals surface area (Å²) >= 11 is 0. The first kappa shape index (κ1) is 15.3. The van der Waals surface area contributed by atoms with E-state index in [0.717, 1.165) is 25.0 Å². The van der Waals surface area contributed by atoms with Crippen molar-refractivity contribution in [1.29, 1.82) is 0 Å². The smallest absolute Gasteiger partial charge is 0.348 e. The second kappa shape index (κ2) is 5.86. The van der Waals surface area contributed by atoms with Crippen molar-refractivity contribution in [2.24, 2.45) is 0 Å². The van der Waals surface area contributed by atoms with Crippen LogP contribution in [0.1, 0.15) is 28.9 Å². The number of aromatic nitrogens is 2. The normalized spacial score (nSPS) is 14.4. The van der Waals surface area contributed by atoms with Crippen LogP contribution in [0.2, 0.25) is 0 Å². The van der Waals surface area contributed by atoms with Crippen molar-refractivity contribution in [3.63, 3.8) is 0 Å². The molecule has 2 N–H and O–H groups in total. The Labute approximate surface area is 130 Å². The van der Waals surface area contributed by atoms with Crippen molar-refractivity contribution in [2.75, 3.05) is 5.32 Å². The van der Waals surface area contributed by atoms with Crippen molar-refractivity contribution in [3.8, 4) is 0 Å². The molecule has 0 spiro atoms. The maximum absolute atomic E-state index is 12.7. The summed E-state index contributed by atoms with van der Waals surface area (Å²) in [7, 11) is 0. The van der Waals surface area contributed by atoms with Gasteiger partial charge in [0.25, 0.3) is 5.91 Å². The van der Waals surface area contributed by atoms with Gasteiger partial charge in [0.1, 0.15) is 5.69 Å². The van der Waals surface area contributed by atoms with Crippen molar-refractivity contribution >= 4 is 17.5 Å². The van der Waals surface area contributed by atoms with Gasteiger partial charge in [-0.25, -0.2) is 9.97 Å². The zero-order valence-corrected chi connectivity index (χ0v) is 11.9. The minimum Gasteiger partial charge on any atom is -0.348 e. The lowest BCUT2D eigenvalue weighted by molar-refractivity contribution is -0.137. The first-order valence-electron chi connectivity index (χ1n) is 7.00. The van der Waals surface area contributed by atoms with Crippen LogP contribution in [0.15, 0.2) is 36.5 Å². The fraction of sp³-hybridized carbons (Fsp3) is 0.267. The molecule has 2 aromatic rings. The molecule has 1 heterocycles. The van der Waals surface area contributed by atoms with Crippen LogP contribution >= 0.6 is 0 Å². The molecule has 23 heavy (non-hydrogen) atoms. The number of nitrogens with one attached hydrogen (secondary N) is 2.